The van der Waals surface area contributed by atoms with E-state index in [1.165, 1.54) is 39.0 Å². The first kappa shape index (κ1) is 12.0. The summed E-state index contributed by atoms with van der Waals surface area (Å²) in [6.07, 6.45) is 8.42. The second-order valence-electron chi connectivity index (χ2n) is 2.76. The van der Waals surface area contributed by atoms with E-state index in [0.29, 0.717) is 0 Å². The molecule has 2 nitrogen and oxygen atoms in total. The summed E-state index contributed by atoms with van der Waals surface area (Å²) >= 11 is 0. The van der Waals surface area contributed by atoms with Crippen LogP contribution in [-0.4, -0.2) is 13.3 Å². The Kier molecular flexibility index (Phi) is 10.2. The average Bonchev–Trinajstić information content (AvgIpc) is 2.16. The molecule has 0 amide bonds. The zero-order valence-electron chi connectivity index (χ0n) is 8.38. The Morgan fingerprint density at radius 3 is 2.77 bits per heavy atom. The summed E-state index contributed by atoms with van der Waals surface area (Å²) in [7, 11) is 1.51. The van der Waals surface area contributed by atoms with Gasteiger partial charge in [-0.05, 0) is 6.42 Å². The second-order valence-corrected chi connectivity index (χ2v) is 2.76. The molecule has 0 spiro atoms. The Balaban J connectivity index is 3.13. The molecule has 73 valence electrons. The Bertz CT molecular complexity index is 176. The van der Waals surface area contributed by atoms with Crippen molar-refractivity contribution in [2.24, 2.45) is 5.16 Å². The van der Waals surface area contributed by atoms with E-state index < -0.39 is 0 Å². The van der Waals surface area contributed by atoms with Crippen LogP contribution in [0.2, 0.25) is 0 Å². The van der Waals surface area contributed by atoms with Crippen LogP contribution in [0.3, 0.4) is 0 Å². The lowest BCUT2D eigenvalue weighted by Crippen LogP contribution is -1.76. The van der Waals surface area contributed by atoms with Crippen LogP contribution >= 0.6 is 0 Å². The molecule has 0 aromatic rings. The zero-order chi connectivity index (χ0) is 9.78. The minimum absolute atomic E-state index is 0.951. The fourth-order valence-corrected chi connectivity index (χ4v) is 0.941. The van der Waals surface area contributed by atoms with Crippen molar-refractivity contribution in [1.29, 1.82) is 0 Å². The highest BCUT2D eigenvalue weighted by Gasteiger charge is 1.85. The number of hydrogen-bond donors (Lipinski definition) is 0. The van der Waals surface area contributed by atoms with Crippen LogP contribution in [0.15, 0.2) is 5.16 Å². The maximum atomic E-state index is 4.46. The highest BCUT2D eigenvalue weighted by Crippen LogP contribution is 2.03. The highest BCUT2D eigenvalue weighted by molar-refractivity contribution is 5.77. The van der Waals surface area contributed by atoms with Gasteiger partial charge in [0, 0.05) is 6.42 Å². The van der Waals surface area contributed by atoms with E-state index in [-0.39, 0.29) is 0 Å². The average molecular weight is 180 g/mol. The van der Waals surface area contributed by atoms with E-state index in [0.717, 1.165) is 12.8 Å². The van der Waals surface area contributed by atoms with Crippen molar-refractivity contribution in [1.82, 2.24) is 0 Å². The SMILES string of the molecule is [CH2]CCCCCCC#CC=NOC. The van der Waals surface area contributed by atoms with E-state index in [2.05, 4.69) is 28.8 Å². The van der Waals surface area contributed by atoms with Crippen molar-refractivity contribution in [3.8, 4) is 11.8 Å². The van der Waals surface area contributed by atoms with E-state index >= 15 is 0 Å². The first-order chi connectivity index (χ1) is 6.41. The molecule has 0 heterocycles. The van der Waals surface area contributed by atoms with Gasteiger partial charge in [0.2, 0.25) is 0 Å². The first-order valence-electron chi connectivity index (χ1n) is 4.74. The maximum absolute atomic E-state index is 4.46. The molecule has 0 aromatic heterocycles. The van der Waals surface area contributed by atoms with Gasteiger partial charge in [0.1, 0.15) is 13.3 Å². The topological polar surface area (TPSA) is 21.6 Å². The van der Waals surface area contributed by atoms with E-state index in [1.54, 1.807) is 0 Å². The molecule has 0 saturated carbocycles. The van der Waals surface area contributed by atoms with Crippen molar-refractivity contribution in [2.75, 3.05) is 7.11 Å². The Morgan fingerprint density at radius 1 is 1.31 bits per heavy atom. The van der Waals surface area contributed by atoms with Crippen molar-refractivity contribution in [3.63, 3.8) is 0 Å². The number of unbranched alkanes of at least 4 members (excludes halogenated alkanes) is 5. The standard InChI is InChI=1S/C11H18NO/c1-3-4-5-6-7-8-9-10-11-12-13-2/h11H,1,3-8H2,2H3. The molecule has 0 rings (SSSR count). The van der Waals surface area contributed by atoms with Gasteiger partial charge in [0.15, 0.2) is 0 Å². The third kappa shape index (κ3) is 11.0. The van der Waals surface area contributed by atoms with Crippen LogP contribution in [0, 0.1) is 18.8 Å². The molecule has 0 aliphatic heterocycles. The Hall–Kier alpha value is -0.970. The normalized spacial score (nSPS) is 9.69. The minimum Gasteiger partial charge on any atom is -0.399 e. The van der Waals surface area contributed by atoms with E-state index in [4.69, 9.17) is 0 Å². The quantitative estimate of drug-likeness (QED) is 0.266. The van der Waals surface area contributed by atoms with Gasteiger partial charge in [0.25, 0.3) is 0 Å². The lowest BCUT2D eigenvalue weighted by molar-refractivity contribution is 0.216. The zero-order valence-corrected chi connectivity index (χ0v) is 8.38. The lowest BCUT2D eigenvalue weighted by Gasteiger charge is -1.93. The number of rotatable bonds is 6. The maximum Gasteiger partial charge on any atom is 0.116 e. The van der Waals surface area contributed by atoms with Crippen LogP contribution < -0.4 is 0 Å². The Morgan fingerprint density at radius 2 is 2.08 bits per heavy atom. The van der Waals surface area contributed by atoms with Crippen molar-refractivity contribution in [2.45, 2.75) is 38.5 Å². The predicted octanol–water partition coefficient (Wildman–Crippen LogP) is 2.80. The predicted molar refractivity (Wildman–Crippen MR) is 56.3 cm³/mol. The minimum atomic E-state index is 0.951. The molecule has 0 fully saturated rings. The van der Waals surface area contributed by atoms with Gasteiger partial charge in [-0.1, -0.05) is 49.6 Å². The third-order valence-corrected chi connectivity index (χ3v) is 1.63. The highest BCUT2D eigenvalue weighted by atomic mass is 16.6. The summed E-state index contributed by atoms with van der Waals surface area (Å²) in [6, 6.07) is 0. The van der Waals surface area contributed by atoms with Crippen molar-refractivity contribution >= 4 is 6.21 Å². The molecule has 0 N–H and O–H groups in total. The molecular formula is C11H18NO. The molecule has 0 unspecified atom stereocenters. The van der Waals surface area contributed by atoms with E-state index in [1.807, 2.05) is 0 Å². The fraction of sp³-hybridized carbons (Fsp3) is 0.636. The molecule has 2 heteroatoms. The van der Waals surface area contributed by atoms with Crippen LogP contribution in [-0.2, 0) is 4.84 Å². The van der Waals surface area contributed by atoms with Gasteiger partial charge in [-0.2, -0.15) is 0 Å². The van der Waals surface area contributed by atoms with Crippen molar-refractivity contribution < 1.29 is 4.84 Å². The summed E-state index contributed by atoms with van der Waals surface area (Å²) in [4.78, 5) is 4.46. The van der Waals surface area contributed by atoms with Crippen LogP contribution in [0.1, 0.15) is 38.5 Å². The first-order valence-corrected chi connectivity index (χ1v) is 4.74. The summed E-state index contributed by atoms with van der Waals surface area (Å²) in [5.74, 6) is 5.80. The van der Waals surface area contributed by atoms with Gasteiger partial charge in [0.05, 0.1) is 0 Å². The van der Waals surface area contributed by atoms with Gasteiger partial charge >= 0.3 is 0 Å². The molecule has 1 radical (unpaired) electrons. The van der Waals surface area contributed by atoms with Gasteiger partial charge < -0.3 is 4.84 Å². The van der Waals surface area contributed by atoms with Crippen LogP contribution in [0.4, 0.5) is 0 Å². The molecule has 13 heavy (non-hydrogen) atoms. The van der Waals surface area contributed by atoms with Crippen LogP contribution in [0.5, 0.6) is 0 Å². The van der Waals surface area contributed by atoms with Gasteiger partial charge in [-0.25, -0.2) is 0 Å². The monoisotopic (exact) mass is 180 g/mol. The molecular weight excluding hydrogens is 162 g/mol. The fourth-order valence-electron chi connectivity index (χ4n) is 0.941. The van der Waals surface area contributed by atoms with E-state index in [9.17, 15) is 0 Å². The molecule has 0 bridgehead atoms. The summed E-state index contributed by atoms with van der Waals surface area (Å²) in [6.45, 7) is 3.79. The second kappa shape index (κ2) is 11.0. The van der Waals surface area contributed by atoms with Gasteiger partial charge in [-0.3, -0.25) is 0 Å². The molecule has 0 aromatic carbocycles. The Labute approximate surface area is 81.4 Å². The summed E-state index contributed by atoms with van der Waals surface area (Å²) < 4.78 is 0. The number of oxime groups is 1. The molecule has 0 saturated heterocycles. The van der Waals surface area contributed by atoms with Gasteiger partial charge in [-0.15, -0.1) is 0 Å². The smallest absolute Gasteiger partial charge is 0.116 e. The third-order valence-electron chi connectivity index (χ3n) is 1.63. The van der Waals surface area contributed by atoms with Crippen LogP contribution in [0.25, 0.3) is 0 Å². The summed E-state index contributed by atoms with van der Waals surface area (Å²) in [5, 5.41) is 3.51. The summed E-state index contributed by atoms with van der Waals surface area (Å²) in [5.41, 5.74) is 0. The number of hydrogen-bond acceptors (Lipinski definition) is 2. The largest absolute Gasteiger partial charge is 0.399 e. The molecule has 0 aliphatic rings. The van der Waals surface area contributed by atoms with Crippen molar-refractivity contribution in [3.05, 3.63) is 6.92 Å². The molecule has 0 atom stereocenters. The molecule has 0 aliphatic carbocycles. The lowest BCUT2D eigenvalue weighted by atomic mass is 10.1. The number of nitrogens with zero attached hydrogens (tertiary/aromatic N) is 1.